The minimum absolute atomic E-state index is 0.384. The zero-order valence-electron chi connectivity index (χ0n) is 12.3. The molecule has 1 aliphatic rings. The largest absolute Gasteiger partial charge is 0.477 e. The van der Waals surface area contributed by atoms with Crippen molar-refractivity contribution < 1.29 is 4.74 Å². The summed E-state index contributed by atoms with van der Waals surface area (Å²) in [5.41, 5.74) is 9.07. The standard InChI is InChI=1S/C16H24N2OS/c1-2-3-4-7-10-19-16-13(15(17)20)11-12-8-5-6-9-14(12)18-16/h11H,2-10H2,1H3,(H2,17,20). The van der Waals surface area contributed by atoms with E-state index < -0.39 is 0 Å². The second-order valence-corrected chi connectivity index (χ2v) is 5.87. The summed E-state index contributed by atoms with van der Waals surface area (Å²) >= 11 is 5.13. The Labute approximate surface area is 126 Å². The number of ether oxygens (including phenoxy) is 1. The number of nitrogens with two attached hydrogens (primary N) is 1. The fourth-order valence-electron chi connectivity index (χ4n) is 2.60. The number of aryl methyl sites for hydroxylation is 2. The summed E-state index contributed by atoms with van der Waals surface area (Å²) in [4.78, 5) is 5.05. The smallest absolute Gasteiger partial charge is 0.224 e. The van der Waals surface area contributed by atoms with Crippen LogP contribution in [0.15, 0.2) is 6.07 Å². The molecular weight excluding hydrogens is 268 g/mol. The molecular formula is C16H24N2OS. The van der Waals surface area contributed by atoms with E-state index >= 15 is 0 Å². The molecule has 0 saturated heterocycles. The van der Waals surface area contributed by atoms with Crippen LogP contribution in [0.4, 0.5) is 0 Å². The summed E-state index contributed by atoms with van der Waals surface area (Å²) in [5.74, 6) is 0.634. The Hall–Kier alpha value is -1.16. The SMILES string of the molecule is CCCCCCOc1nc2c(cc1C(N)=S)CCCC2. The molecule has 0 aromatic carbocycles. The highest BCUT2D eigenvalue weighted by atomic mass is 32.1. The van der Waals surface area contributed by atoms with Gasteiger partial charge in [0, 0.05) is 5.69 Å². The van der Waals surface area contributed by atoms with Crippen molar-refractivity contribution >= 4 is 17.2 Å². The summed E-state index contributed by atoms with van der Waals surface area (Å²) in [6.07, 6.45) is 9.30. The summed E-state index contributed by atoms with van der Waals surface area (Å²) in [5, 5.41) is 0. The Balaban J connectivity index is 2.07. The van der Waals surface area contributed by atoms with E-state index in [1.54, 1.807) is 0 Å². The van der Waals surface area contributed by atoms with Gasteiger partial charge in [-0.25, -0.2) is 4.98 Å². The minimum Gasteiger partial charge on any atom is -0.477 e. The molecule has 1 aromatic rings. The van der Waals surface area contributed by atoms with Gasteiger partial charge in [0.05, 0.1) is 12.2 Å². The Morgan fingerprint density at radius 3 is 2.85 bits per heavy atom. The molecule has 4 heteroatoms. The normalized spacial score (nSPS) is 13.8. The van der Waals surface area contributed by atoms with Gasteiger partial charge in [-0.05, 0) is 43.7 Å². The third-order valence-electron chi connectivity index (χ3n) is 3.77. The van der Waals surface area contributed by atoms with Crippen LogP contribution in [0.25, 0.3) is 0 Å². The first-order valence-corrected chi connectivity index (χ1v) is 8.08. The lowest BCUT2D eigenvalue weighted by Crippen LogP contribution is -2.16. The maximum atomic E-state index is 5.83. The molecule has 0 unspecified atom stereocenters. The van der Waals surface area contributed by atoms with Gasteiger partial charge in [0.2, 0.25) is 5.88 Å². The van der Waals surface area contributed by atoms with Gasteiger partial charge in [0.25, 0.3) is 0 Å². The van der Waals surface area contributed by atoms with Gasteiger partial charge in [-0.3, -0.25) is 0 Å². The fraction of sp³-hybridized carbons (Fsp3) is 0.625. The first kappa shape index (κ1) is 15.2. The molecule has 0 bridgehead atoms. The van der Waals surface area contributed by atoms with E-state index in [2.05, 4.69) is 18.0 Å². The lowest BCUT2D eigenvalue weighted by molar-refractivity contribution is 0.292. The van der Waals surface area contributed by atoms with E-state index in [0.29, 0.717) is 17.5 Å². The van der Waals surface area contributed by atoms with Crippen molar-refractivity contribution in [2.45, 2.75) is 58.3 Å². The zero-order chi connectivity index (χ0) is 14.4. The predicted molar refractivity (Wildman–Crippen MR) is 86.4 cm³/mol. The summed E-state index contributed by atoms with van der Waals surface area (Å²) < 4.78 is 5.83. The molecule has 1 heterocycles. The van der Waals surface area contributed by atoms with Crippen molar-refractivity contribution in [3.8, 4) is 5.88 Å². The first-order valence-electron chi connectivity index (χ1n) is 7.67. The van der Waals surface area contributed by atoms with E-state index in [0.717, 1.165) is 24.8 Å². The third-order valence-corrected chi connectivity index (χ3v) is 3.99. The monoisotopic (exact) mass is 292 g/mol. The number of rotatable bonds is 7. The minimum atomic E-state index is 0.384. The van der Waals surface area contributed by atoms with Crippen molar-refractivity contribution in [3.05, 3.63) is 22.9 Å². The van der Waals surface area contributed by atoms with Gasteiger partial charge in [-0.1, -0.05) is 38.4 Å². The number of nitrogens with zero attached hydrogens (tertiary/aromatic N) is 1. The van der Waals surface area contributed by atoms with Crippen molar-refractivity contribution in [1.29, 1.82) is 0 Å². The molecule has 0 fully saturated rings. The van der Waals surface area contributed by atoms with Crippen molar-refractivity contribution in [2.75, 3.05) is 6.61 Å². The molecule has 2 rings (SSSR count). The van der Waals surface area contributed by atoms with Crippen LogP contribution in [0, 0.1) is 0 Å². The molecule has 110 valence electrons. The third kappa shape index (κ3) is 3.92. The number of unbranched alkanes of at least 4 members (excludes halogenated alkanes) is 3. The van der Waals surface area contributed by atoms with Gasteiger partial charge in [-0.15, -0.1) is 0 Å². The highest BCUT2D eigenvalue weighted by Crippen LogP contribution is 2.26. The van der Waals surface area contributed by atoms with Crippen molar-refractivity contribution in [1.82, 2.24) is 4.98 Å². The van der Waals surface area contributed by atoms with Gasteiger partial charge >= 0.3 is 0 Å². The number of fused-ring (bicyclic) bond motifs is 1. The summed E-state index contributed by atoms with van der Waals surface area (Å²) in [7, 11) is 0. The molecule has 0 saturated carbocycles. The molecule has 20 heavy (non-hydrogen) atoms. The molecule has 0 spiro atoms. The molecule has 1 aliphatic carbocycles. The van der Waals surface area contributed by atoms with E-state index in [-0.39, 0.29) is 0 Å². The fourth-order valence-corrected chi connectivity index (χ4v) is 2.75. The van der Waals surface area contributed by atoms with Crippen LogP contribution in [-0.4, -0.2) is 16.6 Å². The van der Waals surface area contributed by atoms with Crippen LogP contribution < -0.4 is 10.5 Å². The van der Waals surface area contributed by atoms with Crippen molar-refractivity contribution in [3.63, 3.8) is 0 Å². The first-order chi connectivity index (χ1) is 9.72. The Kier molecular flexibility index (Phi) is 5.77. The Morgan fingerprint density at radius 1 is 1.30 bits per heavy atom. The molecule has 0 amide bonds. The summed E-state index contributed by atoms with van der Waals surface area (Å²) in [6, 6.07) is 2.09. The van der Waals surface area contributed by atoms with E-state index in [9.17, 15) is 0 Å². The number of hydrogen-bond donors (Lipinski definition) is 1. The molecule has 1 aromatic heterocycles. The molecule has 0 atom stereocenters. The molecule has 2 N–H and O–H groups in total. The Bertz CT molecular complexity index is 474. The highest BCUT2D eigenvalue weighted by molar-refractivity contribution is 7.80. The average molecular weight is 292 g/mol. The Morgan fingerprint density at radius 2 is 2.10 bits per heavy atom. The second kappa shape index (κ2) is 7.58. The molecule has 3 nitrogen and oxygen atoms in total. The van der Waals surface area contributed by atoms with Gasteiger partial charge in [0.1, 0.15) is 4.99 Å². The van der Waals surface area contributed by atoms with E-state index in [4.69, 9.17) is 22.7 Å². The maximum absolute atomic E-state index is 5.83. The zero-order valence-corrected chi connectivity index (χ0v) is 13.1. The highest BCUT2D eigenvalue weighted by Gasteiger charge is 2.17. The van der Waals surface area contributed by atoms with E-state index in [1.807, 2.05) is 0 Å². The lowest BCUT2D eigenvalue weighted by atomic mass is 9.95. The van der Waals surface area contributed by atoms with Crippen LogP contribution in [0.3, 0.4) is 0 Å². The lowest BCUT2D eigenvalue weighted by Gasteiger charge is -2.18. The van der Waals surface area contributed by atoms with Crippen molar-refractivity contribution in [2.24, 2.45) is 5.73 Å². The number of pyridine rings is 1. The average Bonchev–Trinajstić information content (AvgIpc) is 2.46. The quantitative estimate of drug-likeness (QED) is 0.616. The van der Waals surface area contributed by atoms with Crippen LogP contribution >= 0.6 is 12.2 Å². The van der Waals surface area contributed by atoms with E-state index in [1.165, 1.54) is 43.4 Å². The number of aromatic nitrogens is 1. The predicted octanol–water partition coefficient (Wildman–Crippen LogP) is 3.55. The topological polar surface area (TPSA) is 48.1 Å². The van der Waals surface area contributed by atoms with Crippen LogP contribution in [-0.2, 0) is 12.8 Å². The van der Waals surface area contributed by atoms with Gasteiger partial charge in [-0.2, -0.15) is 0 Å². The van der Waals surface area contributed by atoms with Gasteiger partial charge in [0.15, 0.2) is 0 Å². The van der Waals surface area contributed by atoms with Crippen LogP contribution in [0.5, 0.6) is 5.88 Å². The summed E-state index contributed by atoms with van der Waals surface area (Å²) in [6.45, 7) is 2.90. The number of thiocarbonyl (C=S) groups is 1. The maximum Gasteiger partial charge on any atom is 0.224 e. The second-order valence-electron chi connectivity index (χ2n) is 5.43. The molecule has 0 aliphatic heterocycles. The number of hydrogen-bond acceptors (Lipinski definition) is 3. The van der Waals surface area contributed by atoms with Gasteiger partial charge < -0.3 is 10.5 Å². The molecule has 0 radical (unpaired) electrons. The van der Waals surface area contributed by atoms with Crippen LogP contribution in [0.1, 0.15) is 62.3 Å². The van der Waals surface area contributed by atoms with Crippen LogP contribution in [0.2, 0.25) is 0 Å².